The Bertz CT molecular complexity index is 476. The topological polar surface area (TPSA) is 49.6 Å². The van der Waals surface area contributed by atoms with Crippen LogP contribution in [0.1, 0.15) is 24.2 Å². The van der Waals surface area contributed by atoms with E-state index in [0.717, 1.165) is 41.9 Å². The largest absolute Gasteiger partial charge is 0.336 e. The minimum absolute atomic E-state index is 0.140. The molecule has 0 radical (unpaired) electrons. The van der Waals surface area contributed by atoms with Crippen molar-refractivity contribution in [3.05, 3.63) is 33.4 Å². The summed E-state index contributed by atoms with van der Waals surface area (Å²) in [5, 5.41) is 0. The predicted molar refractivity (Wildman–Crippen MR) is 89.8 cm³/mol. The summed E-state index contributed by atoms with van der Waals surface area (Å²) in [5.41, 5.74) is 6.68. The number of hydrogen-bond donors (Lipinski definition) is 1. The van der Waals surface area contributed by atoms with Gasteiger partial charge in [0.25, 0.3) is 5.91 Å². The van der Waals surface area contributed by atoms with Crippen LogP contribution in [0, 0.1) is 3.57 Å². The van der Waals surface area contributed by atoms with Crippen LogP contribution in [0.5, 0.6) is 0 Å². The molecule has 0 unspecified atom stereocenters. The van der Waals surface area contributed by atoms with Crippen LogP contribution in [-0.4, -0.2) is 54.0 Å². The molecule has 2 N–H and O–H groups in total. The van der Waals surface area contributed by atoms with Crippen LogP contribution in [0.4, 0.5) is 0 Å². The van der Waals surface area contributed by atoms with Gasteiger partial charge in [0.2, 0.25) is 0 Å². The van der Waals surface area contributed by atoms with Crippen LogP contribution < -0.4 is 5.73 Å². The molecule has 0 atom stereocenters. The average molecular weight is 387 g/mol. The summed E-state index contributed by atoms with van der Waals surface area (Å²) in [5.74, 6) is 0.140. The van der Waals surface area contributed by atoms with Gasteiger partial charge in [0.05, 0.1) is 5.56 Å². The molecule has 0 bridgehead atoms. The van der Waals surface area contributed by atoms with Crippen molar-refractivity contribution in [2.24, 2.45) is 5.73 Å². The highest BCUT2D eigenvalue weighted by atomic mass is 127. The molecule has 0 aromatic heterocycles. The van der Waals surface area contributed by atoms with Crippen molar-refractivity contribution >= 4 is 28.5 Å². The Balaban J connectivity index is 1.94. The van der Waals surface area contributed by atoms with E-state index < -0.39 is 0 Å². The first kappa shape index (κ1) is 15.7. The molecule has 0 aliphatic carbocycles. The van der Waals surface area contributed by atoms with Crippen LogP contribution in [0.25, 0.3) is 0 Å². The fourth-order valence-corrected chi connectivity index (χ4v) is 3.11. The molecule has 5 heteroatoms. The van der Waals surface area contributed by atoms with Gasteiger partial charge in [-0.1, -0.05) is 12.1 Å². The Labute approximate surface area is 134 Å². The molecule has 1 saturated heterocycles. The van der Waals surface area contributed by atoms with Gasteiger partial charge in [-0.2, -0.15) is 0 Å². The first-order valence-corrected chi connectivity index (χ1v) is 8.00. The van der Waals surface area contributed by atoms with E-state index in [2.05, 4.69) is 27.5 Å². The SMILES string of the molecule is CC(C)(N)CN1CCN(C(=O)c2ccccc2I)CC1. The van der Waals surface area contributed by atoms with Crippen molar-refractivity contribution < 1.29 is 4.79 Å². The van der Waals surface area contributed by atoms with E-state index in [1.54, 1.807) is 0 Å². The highest BCUT2D eigenvalue weighted by Gasteiger charge is 2.25. The van der Waals surface area contributed by atoms with Gasteiger partial charge in [-0.15, -0.1) is 0 Å². The number of carbonyl (C=O) groups is 1. The molecule has 1 aromatic rings. The third-order valence-electron chi connectivity index (χ3n) is 3.39. The Kier molecular flexibility index (Phi) is 5.04. The van der Waals surface area contributed by atoms with Gasteiger partial charge >= 0.3 is 0 Å². The molecular weight excluding hydrogens is 365 g/mol. The summed E-state index contributed by atoms with van der Waals surface area (Å²) in [6.07, 6.45) is 0. The van der Waals surface area contributed by atoms with E-state index in [1.807, 2.05) is 43.0 Å². The van der Waals surface area contributed by atoms with Gasteiger partial charge in [0.1, 0.15) is 0 Å². The normalized spacial score (nSPS) is 17.3. The van der Waals surface area contributed by atoms with Crippen LogP contribution in [-0.2, 0) is 0 Å². The molecular formula is C15H22IN3O. The van der Waals surface area contributed by atoms with Gasteiger partial charge < -0.3 is 10.6 Å². The van der Waals surface area contributed by atoms with Crippen LogP contribution in [0.2, 0.25) is 0 Å². The second-order valence-corrected chi connectivity index (χ2v) is 7.20. The molecule has 4 nitrogen and oxygen atoms in total. The fourth-order valence-electron chi connectivity index (χ4n) is 2.49. The molecule has 20 heavy (non-hydrogen) atoms. The van der Waals surface area contributed by atoms with Crippen LogP contribution >= 0.6 is 22.6 Å². The zero-order valence-corrected chi connectivity index (χ0v) is 14.3. The standard InChI is InChI=1S/C15H22IN3O/c1-15(2,17)11-18-7-9-19(10-8-18)14(20)12-5-3-4-6-13(12)16/h3-6H,7-11,17H2,1-2H3. The monoisotopic (exact) mass is 387 g/mol. The lowest BCUT2D eigenvalue weighted by Gasteiger charge is -2.37. The van der Waals surface area contributed by atoms with Crippen molar-refractivity contribution in [3.8, 4) is 0 Å². The van der Waals surface area contributed by atoms with Crippen molar-refractivity contribution in [2.75, 3.05) is 32.7 Å². The van der Waals surface area contributed by atoms with Crippen molar-refractivity contribution in [1.82, 2.24) is 9.80 Å². The number of piperazine rings is 1. The molecule has 1 fully saturated rings. The van der Waals surface area contributed by atoms with Crippen molar-refractivity contribution in [2.45, 2.75) is 19.4 Å². The number of carbonyl (C=O) groups excluding carboxylic acids is 1. The molecule has 1 aliphatic heterocycles. The van der Waals surface area contributed by atoms with E-state index in [-0.39, 0.29) is 11.4 Å². The molecule has 1 aliphatic rings. The quantitative estimate of drug-likeness (QED) is 0.805. The second-order valence-electron chi connectivity index (χ2n) is 6.04. The lowest BCUT2D eigenvalue weighted by atomic mass is 10.1. The highest BCUT2D eigenvalue weighted by molar-refractivity contribution is 14.1. The second kappa shape index (κ2) is 6.41. The number of rotatable bonds is 3. The zero-order valence-electron chi connectivity index (χ0n) is 12.1. The van der Waals surface area contributed by atoms with E-state index in [1.165, 1.54) is 0 Å². The molecule has 2 rings (SSSR count). The zero-order chi connectivity index (χ0) is 14.8. The lowest BCUT2D eigenvalue weighted by molar-refractivity contribution is 0.0615. The third-order valence-corrected chi connectivity index (χ3v) is 4.34. The van der Waals surface area contributed by atoms with Gasteiger partial charge in [0, 0.05) is 41.8 Å². The fraction of sp³-hybridized carbons (Fsp3) is 0.533. The van der Waals surface area contributed by atoms with Crippen LogP contribution in [0.3, 0.4) is 0 Å². The minimum Gasteiger partial charge on any atom is -0.336 e. The summed E-state index contributed by atoms with van der Waals surface area (Å²) in [7, 11) is 0. The van der Waals surface area contributed by atoms with E-state index >= 15 is 0 Å². The number of halogens is 1. The smallest absolute Gasteiger partial charge is 0.255 e. The molecule has 1 aromatic carbocycles. The molecule has 1 heterocycles. The molecule has 1 amide bonds. The van der Waals surface area contributed by atoms with E-state index in [9.17, 15) is 4.79 Å². The Morgan fingerprint density at radius 1 is 1.25 bits per heavy atom. The van der Waals surface area contributed by atoms with Crippen LogP contribution in [0.15, 0.2) is 24.3 Å². The van der Waals surface area contributed by atoms with Crippen molar-refractivity contribution in [1.29, 1.82) is 0 Å². The first-order valence-electron chi connectivity index (χ1n) is 6.92. The van der Waals surface area contributed by atoms with Gasteiger partial charge in [-0.25, -0.2) is 0 Å². The van der Waals surface area contributed by atoms with Gasteiger partial charge in [0.15, 0.2) is 0 Å². The first-order chi connectivity index (χ1) is 9.37. The number of benzene rings is 1. The number of amides is 1. The number of nitrogens with zero attached hydrogens (tertiary/aromatic N) is 2. The molecule has 0 spiro atoms. The maximum Gasteiger partial charge on any atom is 0.255 e. The molecule has 0 saturated carbocycles. The average Bonchev–Trinajstić information content (AvgIpc) is 2.37. The van der Waals surface area contributed by atoms with Crippen molar-refractivity contribution in [3.63, 3.8) is 0 Å². The summed E-state index contributed by atoms with van der Waals surface area (Å²) in [6, 6.07) is 7.75. The van der Waals surface area contributed by atoms with E-state index in [0.29, 0.717) is 0 Å². The summed E-state index contributed by atoms with van der Waals surface area (Å²) in [6.45, 7) is 8.30. The van der Waals surface area contributed by atoms with Gasteiger partial charge in [-0.05, 0) is 48.6 Å². The van der Waals surface area contributed by atoms with E-state index in [4.69, 9.17) is 5.73 Å². The lowest BCUT2D eigenvalue weighted by Crippen LogP contribution is -2.54. The summed E-state index contributed by atoms with van der Waals surface area (Å²) >= 11 is 2.22. The number of hydrogen-bond acceptors (Lipinski definition) is 3. The Morgan fingerprint density at radius 3 is 2.40 bits per heavy atom. The summed E-state index contributed by atoms with van der Waals surface area (Å²) < 4.78 is 1.01. The van der Waals surface area contributed by atoms with Gasteiger partial charge in [-0.3, -0.25) is 9.69 Å². The minimum atomic E-state index is -0.180. The number of nitrogens with two attached hydrogens (primary N) is 1. The Morgan fingerprint density at radius 2 is 1.85 bits per heavy atom. The summed E-state index contributed by atoms with van der Waals surface area (Å²) in [4.78, 5) is 16.8. The highest BCUT2D eigenvalue weighted by Crippen LogP contribution is 2.16. The molecule has 110 valence electrons. The Hall–Kier alpha value is -0.660. The predicted octanol–water partition coefficient (Wildman–Crippen LogP) is 1.79. The maximum atomic E-state index is 12.5. The third kappa shape index (κ3) is 4.17. The maximum absolute atomic E-state index is 12.5.